The molecule has 1 atom stereocenters. The van der Waals surface area contributed by atoms with Gasteiger partial charge in [0.05, 0.1) is 11.8 Å². The molecule has 0 saturated heterocycles. The van der Waals surface area contributed by atoms with Gasteiger partial charge in [-0.3, -0.25) is 4.18 Å². The van der Waals surface area contributed by atoms with Crippen LogP contribution in [0.3, 0.4) is 0 Å². The lowest BCUT2D eigenvalue weighted by Gasteiger charge is -2.16. The van der Waals surface area contributed by atoms with Gasteiger partial charge in [0.15, 0.2) is 6.10 Å². The van der Waals surface area contributed by atoms with Crippen LogP contribution in [-0.2, 0) is 20.5 Å². The molecule has 0 amide bonds. The first-order chi connectivity index (χ1) is 9.13. The average molecular weight is 308 g/mol. The maximum Gasteiger partial charge on any atom is 0.419 e. The molecule has 0 radical (unpaired) electrons. The summed E-state index contributed by atoms with van der Waals surface area (Å²) < 4.78 is 69.2. The zero-order valence-corrected chi connectivity index (χ0v) is 11.2. The van der Waals surface area contributed by atoms with E-state index in [9.17, 15) is 21.6 Å². The molecule has 0 N–H and O–H groups in total. The van der Waals surface area contributed by atoms with Gasteiger partial charge in [-0.1, -0.05) is 18.1 Å². The van der Waals surface area contributed by atoms with Crippen molar-refractivity contribution in [2.75, 3.05) is 12.9 Å². The molecule has 110 valence electrons. The van der Waals surface area contributed by atoms with E-state index in [0.29, 0.717) is 0 Å². The molecule has 0 aliphatic heterocycles. The van der Waals surface area contributed by atoms with Gasteiger partial charge >= 0.3 is 6.18 Å². The molecule has 0 fully saturated rings. The Morgan fingerprint density at radius 1 is 1.35 bits per heavy atom. The van der Waals surface area contributed by atoms with E-state index in [1.165, 1.54) is 12.1 Å². The third kappa shape index (κ3) is 5.11. The first-order valence-electron chi connectivity index (χ1n) is 5.27. The fraction of sp³-hybridized carbons (Fsp3) is 0.333. The number of para-hydroxylation sites is 1. The quantitative estimate of drug-likeness (QED) is 0.617. The number of halogens is 3. The Labute approximate surface area is 114 Å². The predicted octanol–water partition coefficient (Wildman–Crippen LogP) is 2.06. The zero-order valence-electron chi connectivity index (χ0n) is 10.3. The third-order valence-electron chi connectivity index (χ3n) is 2.06. The Bertz CT molecular complexity index is 602. The Morgan fingerprint density at radius 3 is 2.45 bits per heavy atom. The summed E-state index contributed by atoms with van der Waals surface area (Å²) in [7, 11) is -3.82. The summed E-state index contributed by atoms with van der Waals surface area (Å²) in [5.74, 6) is 1.53. The molecule has 0 aromatic heterocycles. The van der Waals surface area contributed by atoms with Crippen molar-refractivity contribution in [1.82, 2.24) is 0 Å². The van der Waals surface area contributed by atoms with Gasteiger partial charge < -0.3 is 4.74 Å². The minimum Gasteiger partial charge on any atom is -0.489 e. The zero-order chi connectivity index (χ0) is 15.4. The number of rotatable bonds is 5. The van der Waals surface area contributed by atoms with E-state index in [2.05, 4.69) is 4.18 Å². The van der Waals surface area contributed by atoms with Crippen molar-refractivity contribution in [1.29, 1.82) is 0 Å². The van der Waals surface area contributed by atoms with Gasteiger partial charge in [-0.2, -0.15) is 21.6 Å². The van der Waals surface area contributed by atoms with Crippen molar-refractivity contribution in [3.8, 4) is 18.1 Å². The molecule has 0 heterocycles. The van der Waals surface area contributed by atoms with Crippen LogP contribution in [0.25, 0.3) is 0 Å². The molecule has 4 nitrogen and oxygen atoms in total. The lowest BCUT2D eigenvalue weighted by atomic mass is 10.2. The van der Waals surface area contributed by atoms with Crippen molar-refractivity contribution >= 4 is 10.1 Å². The number of alkyl halides is 3. The standard InChI is InChI=1S/C12H11F3O4S/c1-3-9(19-20(2,16)17)8-18-11-7-5-4-6-10(11)12(13,14)15/h1,4-7,9H,8H2,2H3/t9-/m0/s1. The Balaban J connectivity index is 2.83. The van der Waals surface area contributed by atoms with Crippen molar-refractivity contribution in [2.45, 2.75) is 12.3 Å². The summed E-state index contributed by atoms with van der Waals surface area (Å²) in [5, 5.41) is 0. The van der Waals surface area contributed by atoms with E-state index in [0.717, 1.165) is 18.4 Å². The van der Waals surface area contributed by atoms with Crippen LogP contribution in [-0.4, -0.2) is 27.4 Å². The molecule has 8 heteroatoms. The van der Waals surface area contributed by atoms with E-state index in [1.54, 1.807) is 0 Å². The van der Waals surface area contributed by atoms with E-state index in [4.69, 9.17) is 11.2 Å². The first-order valence-corrected chi connectivity index (χ1v) is 7.08. The maximum absolute atomic E-state index is 12.7. The van der Waals surface area contributed by atoms with E-state index >= 15 is 0 Å². The highest BCUT2D eigenvalue weighted by atomic mass is 32.2. The molecular weight excluding hydrogens is 297 g/mol. The molecule has 0 bridgehead atoms. The summed E-state index contributed by atoms with van der Waals surface area (Å²) in [5.41, 5.74) is -0.977. The van der Waals surface area contributed by atoms with Crippen LogP contribution in [0.15, 0.2) is 24.3 Å². The van der Waals surface area contributed by atoms with Crippen molar-refractivity contribution < 1.29 is 30.5 Å². The largest absolute Gasteiger partial charge is 0.489 e. The molecule has 0 aliphatic rings. The Morgan fingerprint density at radius 2 is 1.95 bits per heavy atom. The van der Waals surface area contributed by atoms with Crippen molar-refractivity contribution in [3.05, 3.63) is 29.8 Å². The summed E-state index contributed by atoms with van der Waals surface area (Å²) in [6, 6.07) is 4.52. The molecule has 0 saturated carbocycles. The van der Waals surface area contributed by atoms with Gasteiger partial charge in [-0.25, -0.2) is 0 Å². The van der Waals surface area contributed by atoms with Gasteiger partial charge in [0.25, 0.3) is 10.1 Å². The van der Waals surface area contributed by atoms with Crippen LogP contribution in [0, 0.1) is 12.3 Å². The van der Waals surface area contributed by atoms with Gasteiger partial charge in [-0.05, 0) is 12.1 Å². The molecule has 1 rings (SSSR count). The molecular formula is C12H11F3O4S. The second kappa shape index (κ2) is 6.15. The number of benzene rings is 1. The fourth-order valence-corrected chi connectivity index (χ4v) is 1.84. The second-order valence-electron chi connectivity index (χ2n) is 3.76. The minimum atomic E-state index is -4.58. The lowest BCUT2D eigenvalue weighted by Crippen LogP contribution is -2.23. The highest BCUT2D eigenvalue weighted by Gasteiger charge is 2.34. The number of hydrogen-bond acceptors (Lipinski definition) is 4. The van der Waals surface area contributed by atoms with Gasteiger partial charge in [-0.15, -0.1) is 6.42 Å². The smallest absolute Gasteiger partial charge is 0.419 e. The summed E-state index contributed by atoms with van der Waals surface area (Å²) in [6.07, 6.45) is -0.0781. The van der Waals surface area contributed by atoms with Gasteiger partial charge in [0.2, 0.25) is 0 Å². The van der Waals surface area contributed by atoms with Crippen LogP contribution in [0.4, 0.5) is 13.2 Å². The van der Waals surface area contributed by atoms with E-state index < -0.39 is 40.3 Å². The van der Waals surface area contributed by atoms with Crippen molar-refractivity contribution in [3.63, 3.8) is 0 Å². The summed E-state index contributed by atoms with van der Waals surface area (Å²) in [6.45, 7) is -0.517. The topological polar surface area (TPSA) is 52.6 Å². The number of ether oxygens (including phenoxy) is 1. The highest BCUT2D eigenvalue weighted by molar-refractivity contribution is 7.86. The monoisotopic (exact) mass is 308 g/mol. The predicted molar refractivity (Wildman–Crippen MR) is 65.5 cm³/mol. The Kier molecular flexibility index (Phi) is 5.03. The molecule has 1 aromatic carbocycles. The normalized spacial score (nSPS) is 13.6. The van der Waals surface area contributed by atoms with E-state index in [1.807, 2.05) is 5.92 Å². The average Bonchev–Trinajstić information content (AvgIpc) is 2.32. The lowest BCUT2D eigenvalue weighted by molar-refractivity contribution is -0.139. The molecule has 0 spiro atoms. The van der Waals surface area contributed by atoms with Crippen LogP contribution >= 0.6 is 0 Å². The SMILES string of the molecule is C#C[C@@H](COc1ccccc1C(F)(F)F)OS(C)(=O)=O. The number of hydrogen-bond donors (Lipinski definition) is 0. The molecule has 20 heavy (non-hydrogen) atoms. The first kappa shape index (κ1) is 16.3. The van der Waals surface area contributed by atoms with Gasteiger partial charge in [0, 0.05) is 0 Å². The fourth-order valence-electron chi connectivity index (χ4n) is 1.31. The molecule has 1 aromatic rings. The van der Waals surface area contributed by atoms with Crippen molar-refractivity contribution in [2.24, 2.45) is 0 Å². The van der Waals surface area contributed by atoms with Crippen LogP contribution in [0.5, 0.6) is 5.75 Å². The van der Waals surface area contributed by atoms with Crippen LogP contribution in [0.1, 0.15) is 5.56 Å². The van der Waals surface area contributed by atoms with Gasteiger partial charge in [0.1, 0.15) is 12.4 Å². The van der Waals surface area contributed by atoms with Crippen LogP contribution in [0.2, 0.25) is 0 Å². The maximum atomic E-state index is 12.7. The minimum absolute atomic E-state index is 0.447. The third-order valence-corrected chi connectivity index (χ3v) is 2.64. The summed E-state index contributed by atoms with van der Waals surface area (Å²) in [4.78, 5) is 0. The van der Waals surface area contributed by atoms with E-state index in [-0.39, 0.29) is 0 Å². The Hall–Kier alpha value is -1.72. The van der Waals surface area contributed by atoms with Crippen LogP contribution < -0.4 is 4.74 Å². The summed E-state index contributed by atoms with van der Waals surface area (Å²) >= 11 is 0. The molecule has 0 aliphatic carbocycles. The second-order valence-corrected chi connectivity index (χ2v) is 5.36. The number of terminal acetylenes is 1. The molecule has 0 unspecified atom stereocenters. The highest BCUT2D eigenvalue weighted by Crippen LogP contribution is 2.35.